The number of likely N-dealkylation sites (N-methyl/N-ethyl adjacent to an activating group) is 1. The maximum absolute atomic E-state index is 12.7. The van der Waals surface area contributed by atoms with E-state index >= 15 is 0 Å². The van der Waals surface area contributed by atoms with Crippen molar-refractivity contribution in [3.05, 3.63) is 28.8 Å². The van der Waals surface area contributed by atoms with Crippen molar-refractivity contribution < 1.29 is 9.59 Å². The highest BCUT2D eigenvalue weighted by Crippen LogP contribution is 2.27. The SMILES string of the molecule is CNC(=O)C1CCCCN1C(=O)c1c(N)cccc1Cl. The molecule has 1 atom stereocenters. The van der Waals surface area contributed by atoms with E-state index in [2.05, 4.69) is 5.32 Å². The van der Waals surface area contributed by atoms with Gasteiger partial charge in [-0.1, -0.05) is 17.7 Å². The molecule has 1 heterocycles. The normalized spacial score (nSPS) is 18.7. The highest BCUT2D eigenvalue weighted by atomic mass is 35.5. The summed E-state index contributed by atoms with van der Waals surface area (Å²) in [5.41, 5.74) is 6.47. The first kappa shape index (κ1) is 14.7. The van der Waals surface area contributed by atoms with Gasteiger partial charge in [-0.2, -0.15) is 0 Å². The second-order valence-corrected chi connectivity index (χ2v) is 5.24. The number of hydrogen-bond acceptors (Lipinski definition) is 3. The minimum absolute atomic E-state index is 0.149. The van der Waals surface area contributed by atoms with Crippen molar-refractivity contribution in [3.8, 4) is 0 Å². The van der Waals surface area contributed by atoms with Crippen LogP contribution < -0.4 is 11.1 Å². The maximum Gasteiger partial charge on any atom is 0.258 e. The molecule has 1 fully saturated rings. The fraction of sp³-hybridized carbons (Fsp3) is 0.429. The number of likely N-dealkylation sites (tertiary alicyclic amines) is 1. The molecule has 1 aliphatic heterocycles. The van der Waals surface area contributed by atoms with E-state index in [4.69, 9.17) is 17.3 Å². The van der Waals surface area contributed by atoms with E-state index in [1.54, 1.807) is 30.1 Å². The molecule has 0 aromatic heterocycles. The third kappa shape index (κ3) is 2.72. The number of hydrogen-bond donors (Lipinski definition) is 2. The van der Waals surface area contributed by atoms with Crippen LogP contribution in [0.5, 0.6) is 0 Å². The molecule has 1 unspecified atom stereocenters. The Morgan fingerprint density at radius 1 is 1.40 bits per heavy atom. The average Bonchev–Trinajstić information content (AvgIpc) is 2.46. The van der Waals surface area contributed by atoms with Gasteiger partial charge in [0.05, 0.1) is 10.6 Å². The van der Waals surface area contributed by atoms with Gasteiger partial charge >= 0.3 is 0 Å². The maximum atomic E-state index is 12.7. The van der Waals surface area contributed by atoms with Gasteiger partial charge in [0.15, 0.2) is 0 Å². The molecule has 0 aliphatic carbocycles. The number of carbonyl (C=O) groups excluding carboxylic acids is 2. The largest absolute Gasteiger partial charge is 0.398 e. The Balaban J connectivity index is 2.33. The van der Waals surface area contributed by atoms with Crippen LogP contribution in [0.25, 0.3) is 0 Å². The number of nitrogens with zero attached hydrogens (tertiary/aromatic N) is 1. The quantitative estimate of drug-likeness (QED) is 0.815. The van der Waals surface area contributed by atoms with E-state index in [0.29, 0.717) is 23.7 Å². The number of nitrogens with one attached hydrogen (secondary N) is 1. The number of nitrogens with two attached hydrogens (primary N) is 1. The molecule has 6 heteroatoms. The van der Waals surface area contributed by atoms with E-state index < -0.39 is 6.04 Å². The number of benzene rings is 1. The average molecular weight is 296 g/mol. The Hall–Kier alpha value is -1.75. The molecular weight excluding hydrogens is 278 g/mol. The van der Waals surface area contributed by atoms with Crippen LogP contribution in [0.2, 0.25) is 5.02 Å². The summed E-state index contributed by atoms with van der Waals surface area (Å²) in [7, 11) is 1.57. The summed E-state index contributed by atoms with van der Waals surface area (Å²) in [6.07, 6.45) is 2.47. The Kier molecular flexibility index (Phi) is 4.49. The molecule has 2 rings (SSSR count). The van der Waals surface area contributed by atoms with E-state index in [0.717, 1.165) is 12.8 Å². The Bertz CT molecular complexity index is 513. The fourth-order valence-electron chi connectivity index (χ4n) is 2.52. The molecule has 0 spiro atoms. The molecule has 0 bridgehead atoms. The van der Waals surface area contributed by atoms with Gasteiger partial charge in [-0.05, 0) is 31.4 Å². The number of anilines is 1. The second-order valence-electron chi connectivity index (χ2n) is 4.83. The smallest absolute Gasteiger partial charge is 0.258 e. The Labute approximate surface area is 123 Å². The number of halogens is 1. The molecule has 20 heavy (non-hydrogen) atoms. The predicted octanol–water partition coefficient (Wildman–Crippen LogP) is 1.66. The molecule has 1 aromatic carbocycles. The van der Waals surface area contributed by atoms with Crippen LogP contribution in [-0.2, 0) is 4.79 Å². The lowest BCUT2D eigenvalue weighted by atomic mass is 9.99. The van der Waals surface area contributed by atoms with E-state index in [9.17, 15) is 9.59 Å². The summed E-state index contributed by atoms with van der Waals surface area (Å²) < 4.78 is 0. The lowest BCUT2D eigenvalue weighted by molar-refractivity contribution is -0.126. The number of piperidine rings is 1. The first-order chi connectivity index (χ1) is 9.56. The van der Waals surface area contributed by atoms with Crippen LogP contribution in [-0.4, -0.2) is 36.3 Å². The first-order valence-corrected chi connectivity index (χ1v) is 7.00. The predicted molar refractivity (Wildman–Crippen MR) is 78.6 cm³/mol. The summed E-state index contributed by atoms with van der Waals surface area (Å²) >= 11 is 6.08. The number of rotatable bonds is 2. The number of amides is 2. The Morgan fingerprint density at radius 3 is 2.80 bits per heavy atom. The van der Waals surface area contributed by atoms with Gasteiger partial charge in [0, 0.05) is 19.3 Å². The highest BCUT2D eigenvalue weighted by molar-refractivity contribution is 6.34. The summed E-state index contributed by atoms with van der Waals surface area (Å²) in [5.74, 6) is -0.426. The van der Waals surface area contributed by atoms with E-state index in [-0.39, 0.29) is 17.4 Å². The number of carbonyl (C=O) groups is 2. The molecule has 1 saturated heterocycles. The van der Waals surface area contributed by atoms with Crippen LogP contribution in [0, 0.1) is 0 Å². The van der Waals surface area contributed by atoms with Gasteiger partial charge < -0.3 is 16.0 Å². The van der Waals surface area contributed by atoms with Crippen molar-refractivity contribution in [2.75, 3.05) is 19.3 Å². The highest BCUT2D eigenvalue weighted by Gasteiger charge is 2.33. The van der Waals surface area contributed by atoms with Gasteiger partial charge in [0.1, 0.15) is 6.04 Å². The van der Waals surface area contributed by atoms with Crippen molar-refractivity contribution in [1.82, 2.24) is 10.2 Å². The van der Waals surface area contributed by atoms with Gasteiger partial charge in [0.2, 0.25) is 5.91 Å². The first-order valence-electron chi connectivity index (χ1n) is 6.62. The van der Waals surface area contributed by atoms with E-state index in [1.807, 2.05) is 0 Å². The molecule has 0 saturated carbocycles. The van der Waals surface area contributed by atoms with Crippen molar-refractivity contribution in [1.29, 1.82) is 0 Å². The molecule has 3 N–H and O–H groups in total. The monoisotopic (exact) mass is 295 g/mol. The molecular formula is C14H18ClN3O2. The summed E-state index contributed by atoms with van der Waals surface area (Å²) in [4.78, 5) is 26.1. The van der Waals surface area contributed by atoms with Crippen molar-refractivity contribution in [3.63, 3.8) is 0 Å². The summed E-state index contributed by atoms with van der Waals surface area (Å²) in [6.45, 7) is 0.543. The summed E-state index contributed by atoms with van der Waals surface area (Å²) in [6, 6.07) is 4.51. The molecule has 0 radical (unpaired) electrons. The van der Waals surface area contributed by atoms with Crippen LogP contribution >= 0.6 is 11.6 Å². The lowest BCUT2D eigenvalue weighted by Gasteiger charge is -2.34. The van der Waals surface area contributed by atoms with Crippen LogP contribution in [0.15, 0.2) is 18.2 Å². The third-order valence-corrected chi connectivity index (χ3v) is 3.89. The van der Waals surface area contributed by atoms with Gasteiger partial charge in [-0.25, -0.2) is 0 Å². The van der Waals surface area contributed by atoms with E-state index in [1.165, 1.54) is 0 Å². The van der Waals surface area contributed by atoms with Crippen molar-refractivity contribution in [2.24, 2.45) is 0 Å². The second kappa shape index (κ2) is 6.13. The zero-order valence-electron chi connectivity index (χ0n) is 11.4. The van der Waals surface area contributed by atoms with Gasteiger partial charge in [0.25, 0.3) is 5.91 Å². The van der Waals surface area contributed by atoms with Gasteiger partial charge in [-0.3, -0.25) is 9.59 Å². The standard InChI is InChI=1S/C14H18ClN3O2/c1-17-13(19)11-7-2-3-8-18(11)14(20)12-9(15)5-4-6-10(12)16/h4-6,11H,2-3,7-8,16H2,1H3,(H,17,19). The van der Waals surface area contributed by atoms with Crippen molar-refractivity contribution >= 4 is 29.1 Å². The minimum atomic E-state index is -0.447. The molecule has 1 aromatic rings. The molecule has 1 aliphatic rings. The Morgan fingerprint density at radius 2 is 2.15 bits per heavy atom. The summed E-state index contributed by atoms with van der Waals surface area (Å²) in [5, 5.41) is 2.92. The zero-order chi connectivity index (χ0) is 14.7. The van der Waals surface area contributed by atoms with Crippen molar-refractivity contribution in [2.45, 2.75) is 25.3 Å². The topological polar surface area (TPSA) is 75.4 Å². The fourth-order valence-corrected chi connectivity index (χ4v) is 2.79. The molecule has 108 valence electrons. The lowest BCUT2D eigenvalue weighted by Crippen LogP contribution is -2.51. The minimum Gasteiger partial charge on any atom is -0.398 e. The van der Waals surface area contributed by atoms with Crippen LogP contribution in [0.1, 0.15) is 29.6 Å². The zero-order valence-corrected chi connectivity index (χ0v) is 12.1. The molecule has 2 amide bonds. The van der Waals surface area contributed by atoms with Gasteiger partial charge in [-0.15, -0.1) is 0 Å². The van der Waals surface area contributed by atoms with Crippen LogP contribution in [0.4, 0.5) is 5.69 Å². The number of nitrogen functional groups attached to an aromatic ring is 1. The van der Waals surface area contributed by atoms with Crippen LogP contribution in [0.3, 0.4) is 0 Å². The third-order valence-electron chi connectivity index (χ3n) is 3.57. The molecule has 5 nitrogen and oxygen atoms in total.